The molecule has 7 heteroatoms. The molecular weight excluding hydrogens is 388 g/mol. The number of carbonyl (C=O) groups excluding carboxylic acids is 2. The highest BCUT2D eigenvalue weighted by Crippen LogP contribution is 2.40. The zero-order valence-electron chi connectivity index (χ0n) is 16.8. The van der Waals surface area contributed by atoms with Gasteiger partial charge in [0.2, 0.25) is 5.78 Å². The number of rotatable bonds is 5. The summed E-state index contributed by atoms with van der Waals surface area (Å²) in [4.78, 5) is 32.8. The molecule has 1 fully saturated rings. The maximum atomic E-state index is 13.4. The largest absolute Gasteiger partial charge is 0.503 e. The second-order valence-corrected chi connectivity index (χ2v) is 8.85. The van der Waals surface area contributed by atoms with Crippen LogP contribution in [0.1, 0.15) is 50.4 Å². The highest BCUT2D eigenvalue weighted by atomic mass is 32.1. The molecule has 0 saturated carbocycles. The van der Waals surface area contributed by atoms with Crippen molar-refractivity contribution < 1.29 is 19.4 Å². The van der Waals surface area contributed by atoms with Crippen molar-refractivity contribution in [2.24, 2.45) is 0 Å². The minimum atomic E-state index is -0.637. The van der Waals surface area contributed by atoms with Crippen LogP contribution in [0.3, 0.4) is 0 Å². The maximum Gasteiger partial charge on any atom is 0.290 e. The molecule has 1 aromatic carbocycles. The van der Waals surface area contributed by atoms with E-state index in [9.17, 15) is 14.7 Å². The number of ether oxygens (including phenoxy) is 1. The zero-order chi connectivity index (χ0) is 20.7. The molecule has 152 valence electrons. The first-order valence-corrected chi connectivity index (χ1v) is 10.6. The Morgan fingerprint density at radius 1 is 1.28 bits per heavy atom. The average molecular weight is 413 g/mol. The number of aliphatic hydroxyl groups excluding tert-OH is 1. The van der Waals surface area contributed by atoms with Gasteiger partial charge >= 0.3 is 0 Å². The SMILES string of the molecule is Cc1ccc(C2C(C(=O)c3sc(C)nc3C)=C(O)C(=O)N2CC2CCCO2)cc1. The molecule has 1 saturated heterocycles. The van der Waals surface area contributed by atoms with Gasteiger partial charge in [-0.2, -0.15) is 0 Å². The van der Waals surface area contributed by atoms with Crippen molar-refractivity contribution in [2.75, 3.05) is 13.2 Å². The summed E-state index contributed by atoms with van der Waals surface area (Å²) in [6.45, 7) is 6.61. The third-order valence-electron chi connectivity index (χ3n) is 5.48. The minimum absolute atomic E-state index is 0.0819. The van der Waals surface area contributed by atoms with Crippen LogP contribution in [0.5, 0.6) is 0 Å². The van der Waals surface area contributed by atoms with E-state index in [0.29, 0.717) is 23.7 Å². The van der Waals surface area contributed by atoms with Crippen molar-refractivity contribution in [3.8, 4) is 0 Å². The first-order chi connectivity index (χ1) is 13.9. The Morgan fingerprint density at radius 3 is 2.59 bits per heavy atom. The summed E-state index contributed by atoms with van der Waals surface area (Å²) in [5.74, 6) is -1.32. The highest BCUT2D eigenvalue weighted by Gasteiger charge is 2.45. The number of aliphatic hydroxyl groups is 1. The van der Waals surface area contributed by atoms with E-state index in [1.165, 1.54) is 11.3 Å². The number of hydrogen-bond acceptors (Lipinski definition) is 6. The molecular formula is C22H24N2O4S. The number of amides is 1. The monoisotopic (exact) mass is 412 g/mol. The lowest BCUT2D eigenvalue weighted by atomic mass is 9.94. The quantitative estimate of drug-likeness (QED) is 0.755. The molecule has 2 atom stereocenters. The van der Waals surface area contributed by atoms with Gasteiger partial charge in [0.1, 0.15) is 0 Å². The second-order valence-electron chi connectivity index (χ2n) is 7.64. The third-order valence-corrected chi connectivity index (χ3v) is 6.55. The van der Waals surface area contributed by atoms with Gasteiger partial charge in [-0.15, -0.1) is 11.3 Å². The van der Waals surface area contributed by atoms with Gasteiger partial charge in [0.05, 0.1) is 33.3 Å². The molecule has 6 nitrogen and oxygen atoms in total. The molecule has 1 N–H and O–H groups in total. The number of hydrogen-bond donors (Lipinski definition) is 1. The predicted molar refractivity (Wildman–Crippen MR) is 110 cm³/mol. The van der Waals surface area contributed by atoms with Crippen LogP contribution >= 0.6 is 11.3 Å². The summed E-state index contributed by atoms with van der Waals surface area (Å²) >= 11 is 1.29. The Balaban J connectivity index is 1.77. The smallest absolute Gasteiger partial charge is 0.290 e. The van der Waals surface area contributed by atoms with Crippen molar-refractivity contribution in [3.05, 3.63) is 62.3 Å². The summed E-state index contributed by atoms with van der Waals surface area (Å²) in [5.41, 5.74) is 2.63. The molecule has 0 radical (unpaired) electrons. The fourth-order valence-corrected chi connectivity index (χ4v) is 4.92. The van der Waals surface area contributed by atoms with E-state index in [1.807, 2.05) is 38.1 Å². The Kier molecular flexibility index (Phi) is 5.27. The molecule has 3 heterocycles. The van der Waals surface area contributed by atoms with Crippen LogP contribution < -0.4 is 0 Å². The van der Waals surface area contributed by atoms with Crippen LogP contribution in [-0.2, 0) is 9.53 Å². The van der Waals surface area contributed by atoms with E-state index in [2.05, 4.69) is 4.98 Å². The predicted octanol–water partition coefficient (Wildman–Crippen LogP) is 3.83. The van der Waals surface area contributed by atoms with Gasteiger partial charge in [-0.3, -0.25) is 9.59 Å². The van der Waals surface area contributed by atoms with Crippen LogP contribution in [0.4, 0.5) is 0 Å². The topological polar surface area (TPSA) is 79.7 Å². The normalized spacial score (nSPS) is 22.0. The number of Topliss-reactive ketones (excluding diaryl/α,β-unsaturated/α-hetero) is 1. The number of thiazole rings is 1. The van der Waals surface area contributed by atoms with Crippen molar-refractivity contribution in [1.82, 2.24) is 9.88 Å². The third kappa shape index (κ3) is 3.60. The number of aryl methyl sites for hydroxylation is 3. The first-order valence-electron chi connectivity index (χ1n) is 9.77. The number of aromatic nitrogens is 1. The molecule has 1 amide bonds. The Hall–Kier alpha value is -2.51. The van der Waals surface area contributed by atoms with E-state index < -0.39 is 17.7 Å². The lowest BCUT2D eigenvalue weighted by Crippen LogP contribution is -2.37. The molecule has 0 spiro atoms. The van der Waals surface area contributed by atoms with E-state index in [0.717, 1.165) is 29.0 Å². The summed E-state index contributed by atoms with van der Waals surface area (Å²) < 4.78 is 5.72. The lowest BCUT2D eigenvalue weighted by Gasteiger charge is -2.29. The van der Waals surface area contributed by atoms with Gasteiger partial charge in [0.15, 0.2) is 5.76 Å². The molecule has 1 aromatic heterocycles. The summed E-state index contributed by atoms with van der Waals surface area (Å²) in [5, 5.41) is 11.5. The Bertz CT molecular complexity index is 987. The van der Waals surface area contributed by atoms with Crippen LogP contribution in [0.15, 0.2) is 35.6 Å². The number of nitrogens with zero attached hydrogens (tertiary/aromatic N) is 2. The van der Waals surface area contributed by atoms with Crippen LogP contribution in [0, 0.1) is 20.8 Å². The highest BCUT2D eigenvalue weighted by molar-refractivity contribution is 7.14. The lowest BCUT2D eigenvalue weighted by molar-refractivity contribution is -0.131. The standard InChI is InChI=1S/C22H24N2O4S/c1-12-6-8-15(9-7-12)18-17(19(25)21-13(2)23-14(3)29-21)20(26)22(27)24(18)11-16-5-4-10-28-16/h6-9,16,18,26H,4-5,10-11H2,1-3H3. The number of benzene rings is 1. The second kappa shape index (κ2) is 7.72. The van der Waals surface area contributed by atoms with Gasteiger partial charge in [-0.05, 0) is 39.2 Å². The number of ketones is 1. The van der Waals surface area contributed by atoms with Crippen LogP contribution in [-0.4, -0.2) is 45.9 Å². The van der Waals surface area contributed by atoms with Gasteiger partial charge in [0, 0.05) is 13.2 Å². The van der Waals surface area contributed by atoms with E-state index in [-0.39, 0.29) is 17.5 Å². The van der Waals surface area contributed by atoms with E-state index in [1.54, 1.807) is 11.8 Å². The molecule has 2 aliphatic rings. The van der Waals surface area contributed by atoms with Crippen molar-refractivity contribution >= 4 is 23.0 Å². The van der Waals surface area contributed by atoms with Crippen molar-refractivity contribution in [1.29, 1.82) is 0 Å². The van der Waals surface area contributed by atoms with Crippen molar-refractivity contribution in [3.63, 3.8) is 0 Å². The summed E-state index contributed by atoms with van der Waals surface area (Å²) in [6.07, 6.45) is 1.73. The Morgan fingerprint density at radius 2 is 2.00 bits per heavy atom. The summed E-state index contributed by atoms with van der Waals surface area (Å²) in [6, 6.07) is 7.08. The van der Waals surface area contributed by atoms with Gasteiger partial charge in [-0.1, -0.05) is 29.8 Å². The summed E-state index contributed by atoms with van der Waals surface area (Å²) in [7, 11) is 0. The van der Waals surface area contributed by atoms with E-state index in [4.69, 9.17) is 4.74 Å². The average Bonchev–Trinajstić information content (AvgIpc) is 3.38. The molecule has 2 aliphatic heterocycles. The molecule has 0 bridgehead atoms. The number of carbonyl (C=O) groups is 2. The van der Waals surface area contributed by atoms with Crippen LogP contribution in [0.25, 0.3) is 0 Å². The molecule has 29 heavy (non-hydrogen) atoms. The van der Waals surface area contributed by atoms with Crippen LogP contribution in [0.2, 0.25) is 0 Å². The van der Waals surface area contributed by atoms with Crippen molar-refractivity contribution in [2.45, 2.75) is 45.8 Å². The molecule has 4 rings (SSSR count). The first kappa shape index (κ1) is 19.8. The molecule has 0 aliphatic carbocycles. The van der Waals surface area contributed by atoms with Gasteiger partial charge < -0.3 is 14.7 Å². The van der Waals surface area contributed by atoms with Gasteiger partial charge in [-0.25, -0.2) is 4.98 Å². The minimum Gasteiger partial charge on any atom is -0.503 e. The fourth-order valence-electron chi connectivity index (χ4n) is 4.04. The fraction of sp³-hybridized carbons (Fsp3) is 0.409. The Labute approximate surface area is 173 Å². The molecule has 2 aromatic rings. The maximum absolute atomic E-state index is 13.4. The van der Waals surface area contributed by atoms with Gasteiger partial charge in [0.25, 0.3) is 5.91 Å². The molecule has 2 unspecified atom stereocenters. The van der Waals surface area contributed by atoms with E-state index >= 15 is 0 Å². The zero-order valence-corrected chi connectivity index (χ0v) is 17.6.